The first kappa shape index (κ1) is 18.3. The van der Waals surface area contributed by atoms with Gasteiger partial charge in [-0.25, -0.2) is 0 Å². The zero-order valence-electron chi connectivity index (χ0n) is 15.0. The van der Waals surface area contributed by atoms with E-state index >= 15 is 0 Å². The minimum atomic E-state index is -0.641. The highest BCUT2D eigenvalue weighted by Crippen LogP contribution is 2.28. The Hall–Kier alpha value is -3.03. The number of thioether (sulfide) groups is 1. The number of rotatable bonds is 8. The van der Waals surface area contributed by atoms with E-state index in [1.54, 1.807) is 6.26 Å². The molecule has 0 saturated carbocycles. The van der Waals surface area contributed by atoms with Crippen LogP contribution in [0.1, 0.15) is 0 Å². The molecule has 0 spiro atoms. The number of benzene rings is 2. The highest BCUT2D eigenvalue weighted by molar-refractivity contribution is 7.99. The molecule has 4 aromatic rings. The molecule has 0 amide bonds. The third-order valence-electron chi connectivity index (χ3n) is 3.98. The summed E-state index contributed by atoms with van der Waals surface area (Å²) in [6.45, 7) is 0.210. The number of hydrogen-bond acceptors (Lipinski definition) is 6. The summed E-state index contributed by atoms with van der Waals surface area (Å²) in [5.41, 5.74) is 0.927. The Morgan fingerprint density at radius 3 is 2.43 bits per heavy atom. The van der Waals surface area contributed by atoms with E-state index in [1.165, 1.54) is 11.8 Å². The van der Waals surface area contributed by atoms with Crippen molar-refractivity contribution in [1.82, 2.24) is 14.8 Å². The molecule has 0 radical (unpaired) electrons. The van der Waals surface area contributed by atoms with E-state index in [2.05, 4.69) is 10.2 Å². The fraction of sp³-hybridized carbons (Fsp3) is 0.143. The van der Waals surface area contributed by atoms with Gasteiger partial charge in [0.15, 0.2) is 10.9 Å². The van der Waals surface area contributed by atoms with Gasteiger partial charge in [-0.2, -0.15) is 0 Å². The Kier molecular flexibility index (Phi) is 5.75. The van der Waals surface area contributed by atoms with E-state index in [1.807, 2.05) is 77.4 Å². The predicted octanol–water partition coefficient (Wildman–Crippen LogP) is 4.06. The molecular weight excluding hydrogens is 374 g/mol. The molecule has 1 N–H and O–H groups in total. The maximum atomic E-state index is 10.3. The maximum Gasteiger partial charge on any atom is 0.205 e. The first-order chi connectivity index (χ1) is 13.8. The highest BCUT2D eigenvalue weighted by atomic mass is 32.2. The number of para-hydroxylation sites is 2. The molecule has 6 nitrogen and oxygen atoms in total. The lowest BCUT2D eigenvalue weighted by Gasteiger charge is -2.13. The minimum absolute atomic E-state index is 0.210. The number of furan rings is 1. The number of ether oxygens (including phenoxy) is 1. The second-order valence-electron chi connectivity index (χ2n) is 6.04. The fourth-order valence-electron chi connectivity index (χ4n) is 2.67. The maximum absolute atomic E-state index is 10.3. The van der Waals surface area contributed by atoms with E-state index in [-0.39, 0.29) is 6.61 Å². The van der Waals surface area contributed by atoms with Gasteiger partial charge in [0.25, 0.3) is 0 Å². The summed E-state index contributed by atoms with van der Waals surface area (Å²) in [5.74, 6) is 2.42. The van der Waals surface area contributed by atoms with Crippen molar-refractivity contribution in [2.45, 2.75) is 11.3 Å². The van der Waals surface area contributed by atoms with Crippen molar-refractivity contribution in [2.24, 2.45) is 0 Å². The number of nitrogens with zero attached hydrogens (tertiary/aromatic N) is 3. The molecule has 0 aliphatic carbocycles. The molecule has 0 aliphatic heterocycles. The quantitative estimate of drug-likeness (QED) is 0.455. The normalized spacial score (nSPS) is 12.0. The molecule has 2 heterocycles. The van der Waals surface area contributed by atoms with Crippen molar-refractivity contribution in [3.05, 3.63) is 79.1 Å². The van der Waals surface area contributed by atoms with Gasteiger partial charge >= 0.3 is 0 Å². The van der Waals surface area contributed by atoms with Crippen LogP contribution >= 0.6 is 11.8 Å². The molecule has 0 bridgehead atoms. The summed E-state index contributed by atoms with van der Waals surface area (Å²) >= 11 is 1.42. The van der Waals surface area contributed by atoms with Crippen LogP contribution in [0.4, 0.5) is 0 Å². The number of aromatic nitrogens is 3. The third-order valence-corrected chi connectivity index (χ3v) is 5.05. The van der Waals surface area contributed by atoms with E-state index in [0.29, 0.717) is 22.5 Å². The molecular formula is C21H19N3O3S. The van der Waals surface area contributed by atoms with Crippen LogP contribution in [-0.2, 0) is 0 Å². The van der Waals surface area contributed by atoms with Crippen molar-refractivity contribution in [3.63, 3.8) is 0 Å². The molecule has 28 heavy (non-hydrogen) atoms. The van der Waals surface area contributed by atoms with Gasteiger partial charge in [0.1, 0.15) is 12.4 Å². The number of aliphatic hydroxyl groups excluding tert-OH is 1. The Morgan fingerprint density at radius 1 is 0.964 bits per heavy atom. The van der Waals surface area contributed by atoms with Crippen LogP contribution in [0.3, 0.4) is 0 Å². The highest BCUT2D eigenvalue weighted by Gasteiger charge is 2.19. The molecule has 2 aromatic heterocycles. The van der Waals surface area contributed by atoms with E-state index in [9.17, 15) is 5.11 Å². The summed E-state index contributed by atoms with van der Waals surface area (Å²) in [6, 6.07) is 22.9. The van der Waals surface area contributed by atoms with Gasteiger partial charge in [0.05, 0.1) is 12.4 Å². The van der Waals surface area contributed by atoms with Crippen LogP contribution in [0.25, 0.3) is 17.3 Å². The molecule has 0 saturated heterocycles. The first-order valence-electron chi connectivity index (χ1n) is 8.84. The Bertz CT molecular complexity index is 988. The van der Waals surface area contributed by atoms with Gasteiger partial charge in [-0.3, -0.25) is 4.57 Å². The lowest BCUT2D eigenvalue weighted by Crippen LogP contribution is -2.20. The fourth-order valence-corrected chi connectivity index (χ4v) is 3.52. The van der Waals surface area contributed by atoms with Gasteiger partial charge in [-0.05, 0) is 36.4 Å². The molecule has 0 aliphatic rings. The second kappa shape index (κ2) is 8.77. The van der Waals surface area contributed by atoms with Crippen LogP contribution < -0.4 is 4.74 Å². The van der Waals surface area contributed by atoms with Crippen molar-refractivity contribution < 1.29 is 14.3 Å². The summed E-state index contributed by atoms with van der Waals surface area (Å²) < 4.78 is 13.0. The van der Waals surface area contributed by atoms with Gasteiger partial charge in [-0.1, -0.05) is 48.2 Å². The van der Waals surface area contributed by atoms with Crippen molar-refractivity contribution >= 4 is 11.8 Å². The predicted molar refractivity (Wildman–Crippen MR) is 108 cm³/mol. The van der Waals surface area contributed by atoms with Crippen LogP contribution in [-0.4, -0.2) is 38.3 Å². The van der Waals surface area contributed by atoms with Gasteiger partial charge in [0, 0.05) is 11.4 Å². The number of hydrogen-bond donors (Lipinski definition) is 1. The smallest absolute Gasteiger partial charge is 0.205 e. The average molecular weight is 393 g/mol. The van der Waals surface area contributed by atoms with Crippen LogP contribution in [0.5, 0.6) is 5.75 Å². The van der Waals surface area contributed by atoms with Gasteiger partial charge in [0.2, 0.25) is 5.82 Å². The molecule has 1 atom stereocenters. The van der Waals surface area contributed by atoms with Gasteiger partial charge < -0.3 is 14.3 Å². The average Bonchev–Trinajstić information content (AvgIpc) is 3.41. The SMILES string of the molecule is OC(COc1ccccc1)CSc1nnc(-c2ccco2)n1-c1ccccc1. The first-order valence-corrected chi connectivity index (χ1v) is 9.83. The second-order valence-corrected chi connectivity index (χ2v) is 7.03. The topological polar surface area (TPSA) is 73.3 Å². The van der Waals surface area contributed by atoms with Crippen LogP contribution in [0.15, 0.2) is 88.6 Å². The summed E-state index contributed by atoms with van der Waals surface area (Å²) in [7, 11) is 0. The van der Waals surface area contributed by atoms with Crippen molar-refractivity contribution in [2.75, 3.05) is 12.4 Å². The van der Waals surface area contributed by atoms with Crippen LogP contribution in [0.2, 0.25) is 0 Å². The Balaban J connectivity index is 1.48. The summed E-state index contributed by atoms with van der Waals surface area (Å²) in [4.78, 5) is 0. The standard InChI is InChI=1S/C21H19N3O3S/c25-17(14-27-18-10-5-2-6-11-18)15-28-21-23-22-20(19-12-7-13-26-19)24(21)16-8-3-1-4-9-16/h1-13,17,25H,14-15H2. The largest absolute Gasteiger partial charge is 0.491 e. The zero-order chi connectivity index (χ0) is 19.2. The summed E-state index contributed by atoms with van der Waals surface area (Å²) in [5, 5.41) is 19.6. The van der Waals surface area contributed by atoms with Crippen molar-refractivity contribution in [1.29, 1.82) is 0 Å². The van der Waals surface area contributed by atoms with E-state index in [0.717, 1.165) is 11.4 Å². The summed E-state index contributed by atoms with van der Waals surface area (Å²) in [6.07, 6.45) is 0.967. The molecule has 1 unspecified atom stereocenters. The van der Waals surface area contributed by atoms with E-state index < -0.39 is 6.10 Å². The molecule has 0 fully saturated rings. The Morgan fingerprint density at radius 2 is 1.71 bits per heavy atom. The zero-order valence-corrected chi connectivity index (χ0v) is 15.8. The third kappa shape index (κ3) is 4.27. The molecule has 4 rings (SSSR count). The number of aliphatic hydroxyl groups is 1. The Labute approximate surface area is 166 Å². The minimum Gasteiger partial charge on any atom is -0.491 e. The van der Waals surface area contributed by atoms with Crippen molar-refractivity contribution in [3.8, 4) is 23.0 Å². The molecule has 142 valence electrons. The lowest BCUT2D eigenvalue weighted by molar-refractivity contribution is 0.126. The van der Waals surface area contributed by atoms with Crippen LogP contribution in [0, 0.1) is 0 Å². The monoisotopic (exact) mass is 393 g/mol. The lowest BCUT2D eigenvalue weighted by atomic mass is 10.3. The van der Waals surface area contributed by atoms with Gasteiger partial charge in [-0.15, -0.1) is 10.2 Å². The molecule has 7 heteroatoms. The molecule has 2 aromatic carbocycles. The van der Waals surface area contributed by atoms with E-state index in [4.69, 9.17) is 9.15 Å².